The highest BCUT2D eigenvalue weighted by molar-refractivity contribution is 6.06. The maximum atomic E-state index is 12.4. The lowest BCUT2D eigenvalue weighted by molar-refractivity contribution is 0.0718. The third-order valence-corrected chi connectivity index (χ3v) is 4.04. The van der Waals surface area contributed by atoms with E-state index in [0.29, 0.717) is 22.3 Å². The monoisotopic (exact) mass is 289 g/mol. The van der Waals surface area contributed by atoms with Crippen molar-refractivity contribution in [2.75, 3.05) is 7.11 Å². The number of pyridine rings is 1. The number of amides is 1. The van der Waals surface area contributed by atoms with Gasteiger partial charge in [0.2, 0.25) is 0 Å². The molecule has 0 saturated heterocycles. The van der Waals surface area contributed by atoms with Gasteiger partial charge in [-0.1, -0.05) is 12.8 Å². The summed E-state index contributed by atoms with van der Waals surface area (Å²) in [5, 5.41) is 12.9. The Morgan fingerprint density at radius 3 is 3.05 bits per heavy atom. The largest absolute Gasteiger partial charge is 0.494 e. The van der Waals surface area contributed by atoms with Gasteiger partial charge in [-0.2, -0.15) is 0 Å². The number of carbonyl (C=O) groups is 1. The fourth-order valence-corrected chi connectivity index (χ4v) is 2.87. The van der Waals surface area contributed by atoms with Gasteiger partial charge >= 0.3 is 0 Å². The Bertz CT molecular complexity index is 653. The minimum absolute atomic E-state index is 0.179. The fraction of sp³-hybridized carbons (Fsp3) is 0.467. The molecule has 6 nitrogen and oxygen atoms in total. The zero-order valence-electron chi connectivity index (χ0n) is 11.9. The molecule has 2 aromatic rings. The average Bonchev–Trinajstić information content (AvgIpc) is 2.93. The van der Waals surface area contributed by atoms with Crippen LogP contribution >= 0.6 is 0 Å². The van der Waals surface area contributed by atoms with Crippen LogP contribution in [0.2, 0.25) is 0 Å². The molecule has 2 atom stereocenters. The number of rotatable bonds is 3. The highest BCUT2D eigenvalue weighted by atomic mass is 16.5. The van der Waals surface area contributed by atoms with E-state index in [1.54, 1.807) is 25.6 Å². The van der Waals surface area contributed by atoms with E-state index >= 15 is 0 Å². The molecule has 0 spiro atoms. The van der Waals surface area contributed by atoms with Crippen LogP contribution in [-0.2, 0) is 0 Å². The summed E-state index contributed by atoms with van der Waals surface area (Å²) >= 11 is 0. The van der Waals surface area contributed by atoms with Crippen LogP contribution in [0.15, 0.2) is 18.5 Å². The highest BCUT2D eigenvalue weighted by Crippen LogP contribution is 2.25. The van der Waals surface area contributed by atoms with Gasteiger partial charge in [0.05, 0.1) is 24.8 Å². The third-order valence-electron chi connectivity index (χ3n) is 4.04. The minimum atomic E-state index is -0.463. The molecule has 6 heteroatoms. The van der Waals surface area contributed by atoms with E-state index in [4.69, 9.17) is 4.74 Å². The molecule has 0 radical (unpaired) electrons. The second-order valence-electron chi connectivity index (χ2n) is 5.37. The number of H-pyrrole nitrogens is 1. The van der Waals surface area contributed by atoms with Crippen molar-refractivity contribution in [3.8, 4) is 5.75 Å². The summed E-state index contributed by atoms with van der Waals surface area (Å²) in [5.74, 6) is 0.435. The smallest absolute Gasteiger partial charge is 0.255 e. The number of hydrogen-bond donors (Lipinski definition) is 3. The number of nitrogens with one attached hydrogen (secondary N) is 2. The SMILES string of the molecule is COc1ccnc2c(C(=O)N[C@H]3CCCC[C@@H]3O)c[nH]c12. The third kappa shape index (κ3) is 2.58. The number of fused-ring (bicyclic) bond motifs is 1. The van der Waals surface area contributed by atoms with Crippen LogP contribution in [0.3, 0.4) is 0 Å². The van der Waals surface area contributed by atoms with E-state index in [1.165, 1.54) is 0 Å². The number of aromatic amines is 1. The first kappa shape index (κ1) is 13.9. The number of methoxy groups -OCH3 is 1. The lowest BCUT2D eigenvalue weighted by Crippen LogP contribution is -2.45. The summed E-state index contributed by atoms with van der Waals surface area (Å²) in [6.07, 6.45) is 6.37. The van der Waals surface area contributed by atoms with Gasteiger partial charge in [0.15, 0.2) is 0 Å². The molecule has 0 aliphatic heterocycles. The highest BCUT2D eigenvalue weighted by Gasteiger charge is 2.26. The molecule has 3 rings (SSSR count). The fourth-order valence-electron chi connectivity index (χ4n) is 2.87. The predicted octanol–water partition coefficient (Wildman–Crippen LogP) is 1.60. The number of ether oxygens (including phenoxy) is 1. The van der Waals surface area contributed by atoms with Gasteiger partial charge < -0.3 is 20.1 Å². The zero-order valence-corrected chi connectivity index (χ0v) is 11.9. The second-order valence-corrected chi connectivity index (χ2v) is 5.37. The van der Waals surface area contributed by atoms with Crippen LogP contribution in [0.1, 0.15) is 36.0 Å². The van der Waals surface area contributed by atoms with Crippen molar-refractivity contribution < 1.29 is 14.6 Å². The molecule has 0 unspecified atom stereocenters. The van der Waals surface area contributed by atoms with Crippen LogP contribution in [0, 0.1) is 0 Å². The van der Waals surface area contributed by atoms with E-state index in [1.807, 2.05) is 0 Å². The summed E-state index contributed by atoms with van der Waals surface area (Å²) < 4.78 is 5.24. The van der Waals surface area contributed by atoms with Crippen molar-refractivity contribution >= 4 is 16.9 Å². The molecule has 21 heavy (non-hydrogen) atoms. The van der Waals surface area contributed by atoms with Crippen molar-refractivity contribution in [2.45, 2.75) is 37.8 Å². The van der Waals surface area contributed by atoms with Gasteiger partial charge in [-0.25, -0.2) is 0 Å². The molecule has 0 bridgehead atoms. The number of carbonyl (C=O) groups excluding carboxylic acids is 1. The van der Waals surface area contributed by atoms with Crippen molar-refractivity contribution in [3.05, 3.63) is 24.0 Å². The van der Waals surface area contributed by atoms with Gasteiger partial charge in [-0.3, -0.25) is 9.78 Å². The van der Waals surface area contributed by atoms with Gasteiger partial charge in [-0.05, 0) is 12.8 Å². The lowest BCUT2D eigenvalue weighted by Gasteiger charge is -2.28. The summed E-state index contributed by atoms with van der Waals surface area (Å²) in [7, 11) is 1.58. The Morgan fingerprint density at radius 2 is 2.29 bits per heavy atom. The molecule has 2 aromatic heterocycles. The van der Waals surface area contributed by atoms with Crippen LogP contribution < -0.4 is 10.1 Å². The first-order chi connectivity index (χ1) is 10.2. The normalized spacial score (nSPS) is 22.2. The number of aliphatic hydroxyl groups excluding tert-OH is 1. The summed E-state index contributed by atoms with van der Waals surface area (Å²) in [4.78, 5) is 19.7. The van der Waals surface area contributed by atoms with Crippen LogP contribution in [0.5, 0.6) is 5.75 Å². The van der Waals surface area contributed by atoms with Gasteiger partial charge in [0.1, 0.15) is 16.8 Å². The van der Waals surface area contributed by atoms with Crippen molar-refractivity contribution in [2.24, 2.45) is 0 Å². The molecule has 0 aromatic carbocycles. The molecule has 1 aliphatic rings. The van der Waals surface area contributed by atoms with E-state index in [9.17, 15) is 9.90 Å². The molecule has 1 fully saturated rings. The molecule has 1 aliphatic carbocycles. The Hall–Kier alpha value is -2.08. The Balaban J connectivity index is 1.85. The zero-order chi connectivity index (χ0) is 14.8. The molecule has 1 amide bonds. The Kier molecular flexibility index (Phi) is 3.79. The summed E-state index contributed by atoms with van der Waals surface area (Å²) in [6.45, 7) is 0. The molecule has 112 valence electrons. The van der Waals surface area contributed by atoms with E-state index in [-0.39, 0.29) is 11.9 Å². The van der Waals surface area contributed by atoms with Crippen LogP contribution in [0.4, 0.5) is 0 Å². The van der Waals surface area contributed by atoms with Crippen LogP contribution in [-0.4, -0.2) is 40.2 Å². The predicted molar refractivity (Wildman–Crippen MR) is 78.4 cm³/mol. The molecular formula is C15H19N3O3. The van der Waals surface area contributed by atoms with Crippen molar-refractivity contribution in [1.29, 1.82) is 0 Å². The second kappa shape index (κ2) is 5.73. The first-order valence-electron chi connectivity index (χ1n) is 7.19. The van der Waals surface area contributed by atoms with Crippen molar-refractivity contribution in [1.82, 2.24) is 15.3 Å². The Labute approximate surface area is 122 Å². The quantitative estimate of drug-likeness (QED) is 0.801. The molecular weight excluding hydrogens is 270 g/mol. The van der Waals surface area contributed by atoms with Gasteiger partial charge in [0.25, 0.3) is 5.91 Å². The van der Waals surface area contributed by atoms with Crippen LogP contribution in [0.25, 0.3) is 11.0 Å². The first-order valence-corrected chi connectivity index (χ1v) is 7.19. The number of aromatic nitrogens is 2. The van der Waals surface area contributed by atoms with Gasteiger partial charge in [0, 0.05) is 18.5 Å². The number of hydrogen-bond acceptors (Lipinski definition) is 4. The van der Waals surface area contributed by atoms with E-state index in [2.05, 4.69) is 15.3 Å². The molecule has 3 N–H and O–H groups in total. The number of nitrogens with zero attached hydrogens (tertiary/aromatic N) is 1. The summed E-state index contributed by atoms with van der Waals surface area (Å²) in [6, 6.07) is 1.56. The summed E-state index contributed by atoms with van der Waals surface area (Å²) in [5.41, 5.74) is 1.76. The number of aliphatic hydroxyl groups is 1. The van der Waals surface area contributed by atoms with E-state index < -0.39 is 6.10 Å². The topological polar surface area (TPSA) is 87.2 Å². The van der Waals surface area contributed by atoms with E-state index in [0.717, 1.165) is 25.7 Å². The molecule has 2 heterocycles. The minimum Gasteiger partial charge on any atom is -0.494 e. The van der Waals surface area contributed by atoms with Gasteiger partial charge in [-0.15, -0.1) is 0 Å². The van der Waals surface area contributed by atoms with Crippen molar-refractivity contribution in [3.63, 3.8) is 0 Å². The lowest BCUT2D eigenvalue weighted by atomic mass is 9.92. The average molecular weight is 289 g/mol. The maximum absolute atomic E-state index is 12.4. The Morgan fingerprint density at radius 1 is 1.48 bits per heavy atom. The molecule has 1 saturated carbocycles. The standard InChI is InChI=1S/C15H19N3O3/c1-21-12-6-7-16-13-9(8-17-14(12)13)15(20)18-10-4-2-3-5-11(10)19/h6-8,10-11,17,19H,2-5H2,1H3,(H,18,20)/t10-,11-/m0/s1. The maximum Gasteiger partial charge on any atom is 0.255 e.